The first kappa shape index (κ1) is 26.6. The lowest BCUT2D eigenvalue weighted by molar-refractivity contribution is -0.912. The summed E-state index contributed by atoms with van der Waals surface area (Å²) in [6.07, 6.45) is 26.1. The van der Waals surface area contributed by atoms with Crippen LogP contribution in [0.2, 0.25) is 0 Å². The van der Waals surface area contributed by atoms with Crippen LogP contribution >= 0.6 is 0 Å². The lowest BCUT2D eigenvalue weighted by Gasteiger charge is -2.09. The number of aromatic nitrogens is 8. The molecule has 0 fully saturated rings. The molecule has 2 aliphatic rings. The van der Waals surface area contributed by atoms with Crippen molar-refractivity contribution in [3.63, 3.8) is 0 Å². The third-order valence-corrected chi connectivity index (χ3v) is 9.26. The van der Waals surface area contributed by atoms with E-state index < -0.39 is 0 Å². The number of rotatable bonds is 0. The molecule has 0 unspecified atom stereocenters. The van der Waals surface area contributed by atoms with E-state index in [1.807, 2.05) is 0 Å². The zero-order valence-corrected chi connectivity index (χ0v) is 25.7. The standard InChI is InChI=1S/C38H36N8/c1-2-6-36-32-10-9-31(35(36)5-1)21-39-13-17-43(25-39)29-45-19-15-41(27-45)23-33-11-12-34(38-8-4-3-7-37(33)38)24-42-16-20-46(28-42)30-44-18-14-40(22-32)26-44/h1-20,25-28H,21-24,29-30H2/q+4. The average Bonchev–Trinajstić information content (AvgIpc) is 3.90. The average molecular weight is 605 g/mol. The van der Waals surface area contributed by atoms with E-state index in [1.54, 1.807) is 0 Å². The van der Waals surface area contributed by atoms with E-state index in [4.69, 9.17) is 0 Å². The molecular formula is C38H36N8+4. The SMILES string of the molecule is c1ccc2c3ccc(c2c1)Cn1cc[n+](c1)C[n+]1ccn(c1)Cc1ccc(c2ccccc12)Cn1cc[n+](c1)C[n+]1ccn(c1)C3. The van der Waals surface area contributed by atoms with E-state index >= 15 is 0 Å². The molecule has 8 aromatic rings. The second-order valence-corrected chi connectivity index (χ2v) is 12.5. The first-order valence-electron chi connectivity index (χ1n) is 15.9. The van der Waals surface area contributed by atoms with Crippen LogP contribution in [0.1, 0.15) is 22.3 Å². The Labute approximate surface area is 267 Å². The van der Waals surface area contributed by atoms with Crippen molar-refractivity contribution in [3.05, 3.63) is 170 Å². The summed E-state index contributed by atoms with van der Waals surface area (Å²) in [5, 5.41) is 5.24. The van der Waals surface area contributed by atoms with Gasteiger partial charge in [0.25, 0.3) is 0 Å². The van der Waals surface area contributed by atoms with Crippen LogP contribution in [0.4, 0.5) is 0 Å². The molecule has 224 valence electrons. The van der Waals surface area contributed by atoms with Crippen molar-refractivity contribution in [1.29, 1.82) is 0 Å². The predicted octanol–water partition coefficient (Wildman–Crippen LogP) is 3.87. The minimum atomic E-state index is 0.757. The van der Waals surface area contributed by atoms with Gasteiger partial charge in [-0.05, 0) is 21.5 Å². The normalized spacial score (nSPS) is 13.6. The molecule has 0 atom stereocenters. The zero-order chi connectivity index (χ0) is 30.5. The van der Waals surface area contributed by atoms with Gasteiger partial charge in [-0.3, -0.25) is 0 Å². The molecule has 2 aliphatic heterocycles. The Balaban J connectivity index is 1.10. The van der Waals surface area contributed by atoms with Gasteiger partial charge in [0.1, 0.15) is 75.8 Å². The van der Waals surface area contributed by atoms with Crippen LogP contribution in [0.5, 0.6) is 0 Å². The highest BCUT2D eigenvalue weighted by Crippen LogP contribution is 2.26. The molecule has 0 saturated heterocycles. The van der Waals surface area contributed by atoms with E-state index in [0.717, 1.165) is 39.5 Å². The highest BCUT2D eigenvalue weighted by molar-refractivity contribution is 5.89. The number of hydrogen-bond acceptors (Lipinski definition) is 0. The molecule has 0 saturated carbocycles. The van der Waals surface area contributed by atoms with Crippen LogP contribution < -0.4 is 18.3 Å². The van der Waals surface area contributed by atoms with E-state index in [9.17, 15) is 0 Å². The first-order valence-corrected chi connectivity index (χ1v) is 15.9. The van der Waals surface area contributed by atoms with Gasteiger partial charge in [-0.15, -0.1) is 0 Å². The van der Waals surface area contributed by atoms with Gasteiger partial charge in [0.2, 0.25) is 38.6 Å². The van der Waals surface area contributed by atoms with E-state index in [2.05, 4.69) is 184 Å². The Morgan fingerprint density at radius 2 is 0.609 bits per heavy atom. The molecule has 4 aromatic heterocycles. The molecule has 8 nitrogen and oxygen atoms in total. The number of fused-ring (bicyclic) bond motifs is 2. The van der Waals surface area contributed by atoms with Crippen molar-refractivity contribution in [2.24, 2.45) is 0 Å². The molecule has 10 rings (SSSR count). The van der Waals surface area contributed by atoms with Crippen LogP contribution in [0.25, 0.3) is 21.5 Å². The van der Waals surface area contributed by atoms with Gasteiger partial charge in [0.05, 0.1) is 0 Å². The molecule has 8 heteroatoms. The van der Waals surface area contributed by atoms with Gasteiger partial charge in [-0.25, -0.2) is 18.3 Å². The zero-order valence-electron chi connectivity index (χ0n) is 25.7. The summed E-state index contributed by atoms with van der Waals surface area (Å²) in [6, 6.07) is 26.8. The largest absolute Gasteiger partial charge is 0.247 e. The smallest absolute Gasteiger partial charge is 0.232 e. The Bertz CT molecular complexity index is 2020. The predicted molar refractivity (Wildman–Crippen MR) is 174 cm³/mol. The molecule has 4 aromatic carbocycles. The maximum absolute atomic E-state index is 2.30. The van der Waals surface area contributed by atoms with Crippen LogP contribution in [0.15, 0.2) is 148 Å². The monoisotopic (exact) mass is 604 g/mol. The Morgan fingerprint density at radius 1 is 0.348 bits per heavy atom. The fraction of sp³-hybridized carbons (Fsp3) is 0.158. The minimum Gasteiger partial charge on any atom is -0.232 e. The molecule has 12 bridgehead atoms. The summed E-state index contributed by atoms with van der Waals surface area (Å²) < 4.78 is 18.0. The summed E-state index contributed by atoms with van der Waals surface area (Å²) in [6.45, 7) is 4.80. The second-order valence-electron chi connectivity index (χ2n) is 12.5. The fourth-order valence-corrected chi connectivity index (χ4v) is 7.03. The first-order chi connectivity index (χ1) is 22.7. The summed E-state index contributed by atoms with van der Waals surface area (Å²) in [5.41, 5.74) is 5.29. The number of nitrogens with zero attached hydrogens (tertiary/aromatic N) is 8. The number of hydrogen-bond donors (Lipinski definition) is 0. The van der Waals surface area contributed by atoms with Gasteiger partial charge in [0, 0.05) is 22.3 Å². The molecule has 0 amide bonds. The Morgan fingerprint density at radius 3 is 0.870 bits per heavy atom. The molecule has 0 spiro atoms. The van der Waals surface area contributed by atoms with Gasteiger partial charge in [-0.2, -0.15) is 18.3 Å². The topological polar surface area (TPSA) is 35.2 Å². The van der Waals surface area contributed by atoms with Crippen molar-refractivity contribution in [2.75, 3.05) is 0 Å². The highest BCUT2D eigenvalue weighted by Gasteiger charge is 2.17. The molecule has 46 heavy (non-hydrogen) atoms. The molecule has 0 aliphatic carbocycles. The fourth-order valence-electron chi connectivity index (χ4n) is 7.03. The van der Waals surface area contributed by atoms with Crippen molar-refractivity contribution < 1.29 is 18.3 Å². The van der Waals surface area contributed by atoms with Crippen molar-refractivity contribution in [3.8, 4) is 0 Å². The molecule has 6 heterocycles. The lowest BCUT2D eigenvalue weighted by Crippen LogP contribution is -2.49. The van der Waals surface area contributed by atoms with Crippen molar-refractivity contribution >= 4 is 21.5 Å². The third kappa shape index (κ3) is 5.07. The van der Waals surface area contributed by atoms with Gasteiger partial charge in [0.15, 0.2) is 0 Å². The van der Waals surface area contributed by atoms with Crippen molar-refractivity contribution in [1.82, 2.24) is 18.3 Å². The van der Waals surface area contributed by atoms with Gasteiger partial charge < -0.3 is 0 Å². The number of benzene rings is 4. The molecule has 0 radical (unpaired) electrons. The molecule has 0 N–H and O–H groups in total. The van der Waals surface area contributed by atoms with E-state index in [1.165, 1.54) is 43.8 Å². The van der Waals surface area contributed by atoms with Crippen LogP contribution in [-0.2, 0) is 39.5 Å². The van der Waals surface area contributed by atoms with Crippen molar-refractivity contribution in [2.45, 2.75) is 39.5 Å². The van der Waals surface area contributed by atoms with E-state index in [-0.39, 0.29) is 0 Å². The summed E-state index contributed by atoms with van der Waals surface area (Å²) >= 11 is 0. The quantitative estimate of drug-likeness (QED) is 0.236. The Hall–Kier alpha value is -5.76. The third-order valence-electron chi connectivity index (χ3n) is 9.26. The Kier molecular flexibility index (Phi) is 6.36. The minimum absolute atomic E-state index is 0.757. The molecular weight excluding hydrogens is 568 g/mol. The van der Waals surface area contributed by atoms with Gasteiger partial charge >= 0.3 is 0 Å². The summed E-state index contributed by atoms with van der Waals surface area (Å²) in [4.78, 5) is 0. The van der Waals surface area contributed by atoms with Crippen LogP contribution in [-0.4, -0.2) is 18.3 Å². The summed E-state index contributed by atoms with van der Waals surface area (Å²) in [5.74, 6) is 0. The van der Waals surface area contributed by atoms with Crippen LogP contribution in [0, 0.1) is 0 Å². The number of imidazole rings is 4. The van der Waals surface area contributed by atoms with Gasteiger partial charge in [-0.1, -0.05) is 72.8 Å². The van der Waals surface area contributed by atoms with E-state index in [0.29, 0.717) is 0 Å². The second kappa shape index (κ2) is 11.0. The highest BCUT2D eigenvalue weighted by atomic mass is 15.2. The maximum atomic E-state index is 2.30. The lowest BCUT2D eigenvalue weighted by atomic mass is 9.99. The van der Waals surface area contributed by atoms with Crippen LogP contribution in [0.3, 0.4) is 0 Å². The summed E-state index contributed by atoms with van der Waals surface area (Å²) in [7, 11) is 0. The maximum Gasteiger partial charge on any atom is 0.247 e.